The number of carboxylic acids is 1. The van der Waals surface area contributed by atoms with Crippen molar-refractivity contribution in [1.82, 2.24) is 10.3 Å². The summed E-state index contributed by atoms with van der Waals surface area (Å²) in [4.78, 5) is 28.8. The normalized spacial score (nSPS) is 22.3. The van der Waals surface area contributed by atoms with E-state index in [0.717, 1.165) is 12.1 Å². The van der Waals surface area contributed by atoms with E-state index in [1.165, 1.54) is 13.2 Å². The molecule has 0 spiro atoms. The molecule has 1 saturated heterocycles. The van der Waals surface area contributed by atoms with Gasteiger partial charge >= 0.3 is 5.97 Å². The number of aromatic nitrogens is 1. The highest BCUT2D eigenvalue weighted by molar-refractivity contribution is 5.93. The number of carboxylic acid groups (broad SMARTS) is 1. The number of hydrogen-bond donors (Lipinski definition) is 2. The second-order valence-corrected chi connectivity index (χ2v) is 4.81. The Morgan fingerprint density at radius 3 is 2.89 bits per heavy atom. The summed E-state index contributed by atoms with van der Waals surface area (Å²) in [6, 6.07) is 3.37. The Balaban J connectivity index is 2.36. The summed E-state index contributed by atoms with van der Waals surface area (Å²) in [5.74, 6) is -1.12. The lowest BCUT2D eigenvalue weighted by Crippen LogP contribution is -2.48. The molecular weight excluding hydrogens is 246 g/mol. The summed E-state index contributed by atoms with van der Waals surface area (Å²) in [5, 5.41) is 11.9. The minimum atomic E-state index is -0.915. The van der Waals surface area contributed by atoms with Crippen LogP contribution in [0.25, 0.3) is 0 Å². The topological polar surface area (TPSA) is 82.5 Å². The first-order chi connectivity index (χ1) is 8.99. The standard InChI is InChI=1S/C13H17N3O3/c1-13(12(18)19)5-3-7-16(13)9-4-6-15-10(8-9)11(17)14-2/h4,6,8H,3,5,7H2,1-2H3,(H,14,17)(H,18,19). The Labute approximate surface area is 111 Å². The maximum atomic E-state index is 11.6. The van der Waals surface area contributed by atoms with Crippen molar-refractivity contribution in [2.24, 2.45) is 0 Å². The average molecular weight is 263 g/mol. The zero-order valence-corrected chi connectivity index (χ0v) is 11.0. The fourth-order valence-corrected chi connectivity index (χ4v) is 2.44. The molecule has 2 N–H and O–H groups in total. The highest BCUT2D eigenvalue weighted by Gasteiger charge is 2.43. The largest absolute Gasteiger partial charge is 0.480 e. The van der Waals surface area contributed by atoms with Gasteiger partial charge in [0.2, 0.25) is 0 Å². The van der Waals surface area contributed by atoms with Gasteiger partial charge in [0.25, 0.3) is 5.91 Å². The predicted molar refractivity (Wildman–Crippen MR) is 70.2 cm³/mol. The molecular formula is C13H17N3O3. The van der Waals surface area contributed by atoms with Crippen molar-refractivity contribution in [3.8, 4) is 0 Å². The van der Waals surface area contributed by atoms with Gasteiger partial charge in [-0.2, -0.15) is 0 Å². The number of hydrogen-bond acceptors (Lipinski definition) is 4. The number of nitrogens with one attached hydrogen (secondary N) is 1. The molecule has 1 unspecified atom stereocenters. The van der Waals surface area contributed by atoms with Gasteiger partial charge in [-0.3, -0.25) is 9.78 Å². The number of aliphatic carboxylic acids is 1. The molecule has 2 heterocycles. The number of carbonyl (C=O) groups excluding carboxylic acids is 1. The predicted octanol–water partition coefficient (Wildman–Crippen LogP) is 0.885. The Morgan fingerprint density at radius 1 is 1.53 bits per heavy atom. The first-order valence-corrected chi connectivity index (χ1v) is 6.18. The van der Waals surface area contributed by atoms with E-state index in [1.54, 1.807) is 19.1 Å². The average Bonchev–Trinajstić information content (AvgIpc) is 2.81. The van der Waals surface area contributed by atoms with Crippen molar-refractivity contribution in [1.29, 1.82) is 0 Å². The van der Waals surface area contributed by atoms with Crippen molar-refractivity contribution >= 4 is 17.6 Å². The summed E-state index contributed by atoms with van der Waals surface area (Å²) < 4.78 is 0. The first kappa shape index (κ1) is 13.3. The maximum Gasteiger partial charge on any atom is 0.329 e. The van der Waals surface area contributed by atoms with Crippen LogP contribution in [0.3, 0.4) is 0 Å². The van der Waals surface area contributed by atoms with Crippen LogP contribution in [-0.2, 0) is 4.79 Å². The molecule has 1 aliphatic rings. The first-order valence-electron chi connectivity index (χ1n) is 6.18. The monoisotopic (exact) mass is 263 g/mol. The van der Waals surface area contributed by atoms with Crippen LogP contribution in [0.2, 0.25) is 0 Å². The van der Waals surface area contributed by atoms with Crippen LogP contribution in [0, 0.1) is 0 Å². The summed E-state index contributed by atoms with van der Waals surface area (Å²) in [7, 11) is 1.54. The molecule has 6 heteroatoms. The number of pyridine rings is 1. The Kier molecular flexibility index (Phi) is 3.42. The molecule has 102 valence electrons. The van der Waals surface area contributed by atoms with Crippen LogP contribution < -0.4 is 10.2 Å². The molecule has 0 aliphatic carbocycles. The third-order valence-electron chi connectivity index (χ3n) is 3.62. The molecule has 0 saturated carbocycles. The van der Waals surface area contributed by atoms with Gasteiger partial charge in [-0.25, -0.2) is 4.79 Å². The second kappa shape index (κ2) is 4.87. The fraction of sp³-hybridized carbons (Fsp3) is 0.462. The summed E-state index contributed by atoms with van der Waals surface area (Å²) in [6.45, 7) is 2.38. The second-order valence-electron chi connectivity index (χ2n) is 4.81. The van der Waals surface area contributed by atoms with Gasteiger partial charge < -0.3 is 15.3 Å². The van der Waals surface area contributed by atoms with Crippen molar-refractivity contribution in [2.75, 3.05) is 18.5 Å². The van der Waals surface area contributed by atoms with E-state index < -0.39 is 11.5 Å². The van der Waals surface area contributed by atoms with Gasteiger partial charge in [0.1, 0.15) is 11.2 Å². The Hall–Kier alpha value is -2.11. The molecule has 6 nitrogen and oxygen atoms in total. The Morgan fingerprint density at radius 2 is 2.26 bits per heavy atom. The Bertz CT molecular complexity index is 518. The summed E-state index contributed by atoms with van der Waals surface area (Å²) in [5.41, 5.74) is 0.0945. The van der Waals surface area contributed by atoms with Crippen LogP contribution in [0.5, 0.6) is 0 Å². The molecule has 19 heavy (non-hydrogen) atoms. The van der Waals surface area contributed by atoms with Crippen molar-refractivity contribution < 1.29 is 14.7 Å². The molecule has 1 aliphatic heterocycles. The van der Waals surface area contributed by atoms with Crippen LogP contribution in [0.4, 0.5) is 5.69 Å². The van der Waals surface area contributed by atoms with E-state index in [4.69, 9.17) is 0 Å². The molecule has 1 aromatic heterocycles. The zero-order valence-electron chi connectivity index (χ0n) is 11.0. The lowest BCUT2D eigenvalue weighted by Gasteiger charge is -2.33. The molecule has 0 aromatic carbocycles. The lowest BCUT2D eigenvalue weighted by atomic mass is 9.99. The quantitative estimate of drug-likeness (QED) is 0.846. The minimum absolute atomic E-state index is 0.280. The van der Waals surface area contributed by atoms with Crippen LogP contribution in [-0.4, -0.2) is 41.1 Å². The van der Waals surface area contributed by atoms with E-state index in [-0.39, 0.29) is 5.91 Å². The third-order valence-corrected chi connectivity index (χ3v) is 3.62. The van der Waals surface area contributed by atoms with Gasteiger partial charge in [0.15, 0.2) is 0 Å². The molecule has 1 amide bonds. The third kappa shape index (κ3) is 2.25. The lowest BCUT2D eigenvalue weighted by molar-refractivity contribution is -0.142. The highest BCUT2D eigenvalue weighted by atomic mass is 16.4. The van der Waals surface area contributed by atoms with Crippen molar-refractivity contribution in [3.63, 3.8) is 0 Å². The van der Waals surface area contributed by atoms with Crippen molar-refractivity contribution in [3.05, 3.63) is 24.0 Å². The van der Waals surface area contributed by atoms with E-state index in [1.807, 2.05) is 4.90 Å². The van der Waals surface area contributed by atoms with E-state index >= 15 is 0 Å². The minimum Gasteiger partial charge on any atom is -0.480 e. The van der Waals surface area contributed by atoms with Gasteiger partial charge in [0.05, 0.1) is 0 Å². The molecule has 1 fully saturated rings. The van der Waals surface area contributed by atoms with Gasteiger partial charge in [-0.15, -0.1) is 0 Å². The maximum absolute atomic E-state index is 11.6. The van der Waals surface area contributed by atoms with E-state index in [9.17, 15) is 14.7 Å². The molecule has 1 aromatic rings. The molecule has 2 rings (SSSR count). The SMILES string of the molecule is CNC(=O)c1cc(N2CCCC2(C)C(=O)O)ccn1. The molecule has 1 atom stereocenters. The van der Waals surface area contributed by atoms with Gasteiger partial charge in [-0.1, -0.05) is 0 Å². The smallest absolute Gasteiger partial charge is 0.329 e. The van der Waals surface area contributed by atoms with Crippen LogP contribution >= 0.6 is 0 Å². The van der Waals surface area contributed by atoms with E-state index in [2.05, 4.69) is 10.3 Å². The molecule has 0 bridgehead atoms. The molecule has 0 radical (unpaired) electrons. The number of nitrogens with zero attached hydrogens (tertiary/aromatic N) is 2. The van der Waals surface area contributed by atoms with E-state index in [0.29, 0.717) is 18.7 Å². The zero-order chi connectivity index (χ0) is 14.0. The number of rotatable bonds is 3. The van der Waals surface area contributed by atoms with Gasteiger partial charge in [0, 0.05) is 25.5 Å². The van der Waals surface area contributed by atoms with Crippen LogP contribution in [0.15, 0.2) is 18.3 Å². The number of amides is 1. The van der Waals surface area contributed by atoms with Crippen LogP contribution in [0.1, 0.15) is 30.3 Å². The van der Waals surface area contributed by atoms with Gasteiger partial charge in [-0.05, 0) is 31.9 Å². The number of carbonyl (C=O) groups is 2. The summed E-state index contributed by atoms with van der Waals surface area (Å²) >= 11 is 0. The summed E-state index contributed by atoms with van der Waals surface area (Å²) in [6.07, 6.45) is 2.95. The highest BCUT2D eigenvalue weighted by Crippen LogP contribution is 2.34. The number of anilines is 1. The van der Waals surface area contributed by atoms with Crippen molar-refractivity contribution in [2.45, 2.75) is 25.3 Å². The fourth-order valence-electron chi connectivity index (χ4n) is 2.44.